The summed E-state index contributed by atoms with van der Waals surface area (Å²) in [4.78, 5) is 11.0. The molecule has 20 heavy (non-hydrogen) atoms. The Bertz CT molecular complexity index is 620. The molecule has 0 bridgehead atoms. The van der Waals surface area contributed by atoms with Crippen molar-refractivity contribution in [2.24, 2.45) is 0 Å². The Balaban J connectivity index is 2.71. The highest BCUT2D eigenvalue weighted by molar-refractivity contribution is 7.90. The lowest BCUT2D eigenvalue weighted by Crippen LogP contribution is -2.34. The van der Waals surface area contributed by atoms with E-state index in [2.05, 4.69) is 4.72 Å². The van der Waals surface area contributed by atoms with E-state index < -0.39 is 21.2 Å². The summed E-state index contributed by atoms with van der Waals surface area (Å²) in [7, 11) is -3.68. The predicted octanol–water partition coefficient (Wildman–Crippen LogP) is 1.15. The molecule has 1 rings (SSSR count). The largest absolute Gasteiger partial charge is 0.478 e. The van der Waals surface area contributed by atoms with Gasteiger partial charge in [-0.2, -0.15) is 5.26 Å². The number of benzene rings is 1. The average Bonchev–Trinajstić information content (AvgIpc) is 2.40. The first-order chi connectivity index (χ1) is 9.42. The molecule has 6 nitrogen and oxygen atoms in total. The molecule has 108 valence electrons. The maximum Gasteiger partial charge on any atom is 0.335 e. The minimum Gasteiger partial charge on any atom is -0.478 e. The Morgan fingerprint density at radius 3 is 2.65 bits per heavy atom. The van der Waals surface area contributed by atoms with Crippen LogP contribution in [0.4, 0.5) is 0 Å². The fraction of sp³-hybridized carbons (Fsp3) is 0.385. The molecule has 0 aliphatic carbocycles. The van der Waals surface area contributed by atoms with Crippen LogP contribution in [0.2, 0.25) is 0 Å². The minimum atomic E-state index is -3.68. The highest BCUT2D eigenvalue weighted by Gasteiger charge is 2.22. The Morgan fingerprint density at radius 1 is 1.45 bits per heavy atom. The van der Waals surface area contributed by atoms with Crippen molar-refractivity contribution in [3.63, 3.8) is 0 Å². The number of carboxylic acids is 1. The molecule has 0 fully saturated rings. The topological polar surface area (TPSA) is 107 Å². The first-order valence-corrected chi connectivity index (χ1v) is 7.66. The molecule has 1 aromatic carbocycles. The van der Waals surface area contributed by atoms with E-state index in [1.807, 2.05) is 0 Å². The number of hydrogen-bond acceptors (Lipinski definition) is 4. The monoisotopic (exact) mass is 296 g/mol. The van der Waals surface area contributed by atoms with Gasteiger partial charge < -0.3 is 5.11 Å². The van der Waals surface area contributed by atoms with Gasteiger partial charge >= 0.3 is 5.97 Å². The molecule has 0 amide bonds. The molecule has 0 radical (unpaired) electrons. The van der Waals surface area contributed by atoms with Gasteiger partial charge in [-0.1, -0.05) is 25.1 Å². The zero-order chi connectivity index (χ0) is 15.2. The quantitative estimate of drug-likeness (QED) is 0.784. The number of nitriles is 1. The van der Waals surface area contributed by atoms with Crippen LogP contribution in [0, 0.1) is 11.3 Å². The zero-order valence-electron chi connectivity index (χ0n) is 11.0. The zero-order valence-corrected chi connectivity index (χ0v) is 11.9. The second-order valence-corrected chi connectivity index (χ2v) is 6.13. The van der Waals surface area contributed by atoms with E-state index in [4.69, 9.17) is 10.4 Å². The van der Waals surface area contributed by atoms with E-state index in [0.29, 0.717) is 5.56 Å². The Morgan fingerprint density at radius 2 is 2.10 bits per heavy atom. The molecule has 0 aromatic heterocycles. The summed E-state index contributed by atoms with van der Waals surface area (Å²) in [6.45, 7) is 1.68. The van der Waals surface area contributed by atoms with Gasteiger partial charge in [-0.25, -0.2) is 17.9 Å². The Hall–Kier alpha value is -1.91. The van der Waals surface area contributed by atoms with E-state index >= 15 is 0 Å². The lowest BCUT2D eigenvalue weighted by molar-refractivity contribution is 0.0695. The second kappa shape index (κ2) is 7.03. The molecule has 0 aliphatic heterocycles. The van der Waals surface area contributed by atoms with Gasteiger partial charge in [-0.3, -0.25) is 0 Å². The smallest absolute Gasteiger partial charge is 0.335 e. The van der Waals surface area contributed by atoms with Crippen molar-refractivity contribution < 1.29 is 18.3 Å². The number of rotatable bonds is 7. The highest BCUT2D eigenvalue weighted by Crippen LogP contribution is 2.10. The number of nitrogens with one attached hydrogen (secondary N) is 1. The van der Waals surface area contributed by atoms with Crippen LogP contribution in [0.5, 0.6) is 0 Å². The summed E-state index contributed by atoms with van der Waals surface area (Å²) in [5.41, 5.74) is 0.701. The van der Waals surface area contributed by atoms with E-state index in [-0.39, 0.29) is 24.9 Å². The van der Waals surface area contributed by atoms with Gasteiger partial charge in [0.15, 0.2) is 5.25 Å². The molecule has 1 aromatic rings. The third-order valence-corrected chi connectivity index (χ3v) is 4.63. The van der Waals surface area contributed by atoms with Crippen LogP contribution in [0.3, 0.4) is 0 Å². The standard InChI is InChI=1S/C13H16N2O4S/c1-2-11(9-14)20(18,19)15-8-7-10-5-3-4-6-12(10)13(16)17/h3-6,11,15H,2,7-8H2,1H3,(H,16,17). The molecule has 0 spiro atoms. The molecule has 0 heterocycles. The van der Waals surface area contributed by atoms with E-state index in [1.54, 1.807) is 31.2 Å². The van der Waals surface area contributed by atoms with Crippen molar-refractivity contribution in [3.8, 4) is 6.07 Å². The number of sulfonamides is 1. The van der Waals surface area contributed by atoms with Crippen molar-refractivity contribution in [3.05, 3.63) is 35.4 Å². The van der Waals surface area contributed by atoms with Gasteiger partial charge in [0.2, 0.25) is 10.0 Å². The van der Waals surface area contributed by atoms with Gasteiger partial charge in [0, 0.05) is 6.54 Å². The number of nitrogens with zero attached hydrogens (tertiary/aromatic N) is 1. The fourth-order valence-corrected chi connectivity index (χ4v) is 2.92. The van der Waals surface area contributed by atoms with Crippen molar-refractivity contribution in [2.45, 2.75) is 25.0 Å². The Kier molecular flexibility index (Phi) is 5.67. The summed E-state index contributed by atoms with van der Waals surface area (Å²) >= 11 is 0. The van der Waals surface area contributed by atoms with Gasteiger partial charge in [0.1, 0.15) is 0 Å². The van der Waals surface area contributed by atoms with Crippen LogP contribution >= 0.6 is 0 Å². The van der Waals surface area contributed by atoms with E-state index in [1.165, 1.54) is 6.07 Å². The molecule has 0 saturated carbocycles. The third kappa shape index (κ3) is 4.05. The summed E-state index contributed by atoms with van der Waals surface area (Å²) in [6.07, 6.45) is 0.459. The normalized spacial score (nSPS) is 12.6. The van der Waals surface area contributed by atoms with Crippen LogP contribution in [0.25, 0.3) is 0 Å². The van der Waals surface area contributed by atoms with Crippen molar-refractivity contribution in [1.82, 2.24) is 4.72 Å². The molecule has 2 N–H and O–H groups in total. The van der Waals surface area contributed by atoms with Crippen LogP contribution < -0.4 is 4.72 Å². The number of hydrogen-bond donors (Lipinski definition) is 2. The fourth-order valence-electron chi connectivity index (χ4n) is 1.76. The molecule has 1 unspecified atom stereocenters. The van der Waals surface area contributed by atoms with Crippen molar-refractivity contribution in [2.75, 3.05) is 6.54 Å². The van der Waals surface area contributed by atoms with E-state index in [0.717, 1.165) is 0 Å². The first kappa shape index (κ1) is 16.1. The van der Waals surface area contributed by atoms with Crippen molar-refractivity contribution in [1.29, 1.82) is 5.26 Å². The summed E-state index contributed by atoms with van der Waals surface area (Å²) in [6, 6.07) is 8.14. The SMILES string of the molecule is CCC(C#N)S(=O)(=O)NCCc1ccccc1C(=O)O. The number of carboxylic acid groups (broad SMARTS) is 1. The minimum absolute atomic E-state index is 0.0603. The average molecular weight is 296 g/mol. The molecule has 0 aliphatic rings. The second-order valence-electron chi connectivity index (χ2n) is 4.18. The maximum atomic E-state index is 11.8. The summed E-state index contributed by atoms with van der Waals surface area (Å²) < 4.78 is 25.8. The molecule has 7 heteroatoms. The summed E-state index contributed by atoms with van der Waals surface area (Å²) in [5.74, 6) is -1.05. The lowest BCUT2D eigenvalue weighted by atomic mass is 10.1. The molecule has 0 saturated heterocycles. The first-order valence-electron chi connectivity index (χ1n) is 6.11. The van der Waals surface area contributed by atoms with Crippen LogP contribution in [-0.2, 0) is 16.4 Å². The van der Waals surface area contributed by atoms with Crippen LogP contribution in [0.15, 0.2) is 24.3 Å². The van der Waals surface area contributed by atoms with E-state index in [9.17, 15) is 13.2 Å². The van der Waals surface area contributed by atoms with Crippen LogP contribution in [0.1, 0.15) is 29.3 Å². The highest BCUT2D eigenvalue weighted by atomic mass is 32.2. The van der Waals surface area contributed by atoms with Crippen LogP contribution in [-0.4, -0.2) is 31.3 Å². The van der Waals surface area contributed by atoms with Gasteiger partial charge in [0.05, 0.1) is 11.6 Å². The predicted molar refractivity (Wildman–Crippen MR) is 73.7 cm³/mol. The molecular formula is C13H16N2O4S. The van der Waals surface area contributed by atoms with Gasteiger partial charge in [-0.15, -0.1) is 0 Å². The maximum absolute atomic E-state index is 11.8. The van der Waals surface area contributed by atoms with Gasteiger partial charge in [0.25, 0.3) is 0 Å². The number of carbonyl (C=O) groups is 1. The third-order valence-electron chi connectivity index (χ3n) is 2.83. The lowest BCUT2D eigenvalue weighted by Gasteiger charge is -2.10. The number of aromatic carboxylic acids is 1. The Labute approximate surface area is 118 Å². The summed E-state index contributed by atoms with van der Waals surface area (Å²) in [5, 5.41) is 16.7. The van der Waals surface area contributed by atoms with Gasteiger partial charge in [-0.05, 0) is 24.5 Å². The molecular weight excluding hydrogens is 280 g/mol. The molecule has 1 atom stereocenters. The van der Waals surface area contributed by atoms with Crippen molar-refractivity contribution >= 4 is 16.0 Å².